The number of methoxy groups -OCH3 is 1. The number of fused-ring (bicyclic) bond motifs is 2. The Morgan fingerprint density at radius 1 is 1.50 bits per heavy atom. The molecule has 3 aliphatic rings. The summed E-state index contributed by atoms with van der Waals surface area (Å²) in [7, 11) is 1.53. The molecule has 0 amide bonds. The molecular weight excluding hydrogens is 180 g/mol. The largest absolute Gasteiger partial charge is 0.479 e. The van der Waals surface area contributed by atoms with E-state index < -0.39 is 11.6 Å². The molecule has 0 saturated heterocycles. The van der Waals surface area contributed by atoms with E-state index in [0.29, 0.717) is 12.3 Å². The fourth-order valence-corrected chi connectivity index (χ4v) is 3.45. The minimum Gasteiger partial charge on any atom is -0.479 e. The van der Waals surface area contributed by atoms with Gasteiger partial charge in [-0.25, -0.2) is 4.79 Å². The molecule has 3 rings (SSSR count). The van der Waals surface area contributed by atoms with E-state index in [1.165, 1.54) is 7.11 Å². The van der Waals surface area contributed by atoms with E-state index in [2.05, 4.69) is 13.8 Å². The van der Waals surface area contributed by atoms with E-state index in [1.807, 2.05) is 0 Å². The van der Waals surface area contributed by atoms with Crippen LogP contribution in [0.4, 0.5) is 0 Å². The molecule has 0 aliphatic heterocycles. The van der Waals surface area contributed by atoms with Crippen molar-refractivity contribution < 1.29 is 14.6 Å². The van der Waals surface area contributed by atoms with Crippen molar-refractivity contribution in [1.82, 2.24) is 0 Å². The van der Waals surface area contributed by atoms with Gasteiger partial charge in [-0.15, -0.1) is 0 Å². The Hall–Kier alpha value is -0.570. The summed E-state index contributed by atoms with van der Waals surface area (Å²) in [4.78, 5) is 11.3. The van der Waals surface area contributed by atoms with E-state index in [1.54, 1.807) is 0 Å². The summed E-state index contributed by atoms with van der Waals surface area (Å²) >= 11 is 0. The predicted octanol–water partition coefficient (Wildman–Crippen LogP) is 1.91. The van der Waals surface area contributed by atoms with Crippen molar-refractivity contribution in [1.29, 1.82) is 0 Å². The normalized spacial score (nSPS) is 44.2. The predicted molar refractivity (Wildman–Crippen MR) is 52.0 cm³/mol. The van der Waals surface area contributed by atoms with E-state index >= 15 is 0 Å². The average Bonchev–Trinajstić information content (AvgIpc) is 2.17. The van der Waals surface area contributed by atoms with Crippen molar-refractivity contribution in [2.45, 2.75) is 38.7 Å². The van der Waals surface area contributed by atoms with Crippen LogP contribution in [0.1, 0.15) is 33.1 Å². The maximum absolute atomic E-state index is 11.3. The molecule has 0 aromatic rings. The van der Waals surface area contributed by atoms with Crippen LogP contribution in [-0.2, 0) is 9.53 Å². The zero-order valence-corrected chi connectivity index (χ0v) is 9.04. The van der Waals surface area contributed by atoms with E-state index in [9.17, 15) is 9.90 Å². The highest BCUT2D eigenvalue weighted by Gasteiger charge is 2.64. The lowest BCUT2D eigenvalue weighted by Crippen LogP contribution is -2.65. The lowest BCUT2D eigenvalue weighted by atomic mass is 9.44. The smallest absolute Gasteiger partial charge is 0.336 e. The van der Waals surface area contributed by atoms with Crippen LogP contribution in [0.15, 0.2) is 0 Å². The molecule has 3 heteroatoms. The molecule has 0 radical (unpaired) electrons. The summed E-state index contributed by atoms with van der Waals surface area (Å²) in [5.41, 5.74) is -0.759. The Bertz CT molecular complexity index is 270. The number of ether oxygens (including phenoxy) is 1. The molecule has 0 heterocycles. The van der Waals surface area contributed by atoms with Gasteiger partial charge >= 0.3 is 5.97 Å². The van der Waals surface area contributed by atoms with E-state index in [-0.39, 0.29) is 11.3 Å². The molecule has 3 unspecified atom stereocenters. The van der Waals surface area contributed by atoms with Gasteiger partial charge in [0.25, 0.3) is 0 Å². The highest BCUT2D eigenvalue weighted by molar-refractivity contribution is 5.78. The van der Waals surface area contributed by atoms with Gasteiger partial charge in [0.15, 0.2) is 5.60 Å². The number of hydrogen-bond donors (Lipinski definition) is 1. The Morgan fingerprint density at radius 2 is 2.14 bits per heavy atom. The lowest BCUT2D eigenvalue weighted by Gasteiger charge is -2.62. The Balaban J connectivity index is 2.32. The summed E-state index contributed by atoms with van der Waals surface area (Å²) in [5.74, 6) is 0.114. The molecule has 80 valence electrons. The molecule has 0 aromatic heterocycles. The third-order valence-electron chi connectivity index (χ3n) is 4.62. The van der Waals surface area contributed by atoms with E-state index in [4.69, 9.17) is 4.74 Å². The van der Waals surface area contributed by atoms with Gasteiger partial charge in [0, 0.05) is 13.0 Å². The van der Waals surface area contributed by atoms with Crippen molar-refractivity contribution >= 4 is 5.97 Å². The molecule has 3 nitrogen and oxygen atoms in total. The summed E-state index contributed by atoms with van der Waals surface area (Å²) in [6.45, 7) is 4.34. The van der Waals surface area contributed by atoms with Gasteiger partial charge in [-0.3, -0.25) is 0 Å². The second kappa shape index (κ2) is 2.72. The molecule has 0 spiro atoms. The van der Waals surface area contributed by atoms with Crippen LogP contribution >= 0.6 is 0 Å². The second-order valence-electron chi connectivity index (χ2n) is 5.24. The van der Waals surface area contributed by atoms with Crippen molar-refractivity contribution in [2.75, 3.05) is 7.11 Å². The van der Waals surface area contributed by atoms with E-state index in [0.717, 1.165) is 12.8 Å². The molecule has 14 heavy (non-hydrogen) atoms. The van der Waals surface area contributed by atoms with Gasteiger partial charge in [0.05, 0.1) is 0 Å². The van der Waals surface area contributed by atoms with Crippen LogP contribution < -0.4 is 0 Å². The first-order chi connectivity index (χ1) is 6.45. The lowest BCUT2D eigenvalue weighted by molar-refractivity contribution is -0.226. The Labute approximate surface area is 84.4 Å². The van der Waals surface area contributed by atoms with Gasteiger partial charge < -0.3 is 9.84 Å². The van der Waals surface area contributed by atoms with Crippen LogP contribution in [-0.4, -0.2) is 23.8 Å². The first kappa shape index (κ1) is 9.97. The van der Waals surface area contributed by atoms with Crippen LogP contribution in [0.3, 0.4) is 0 Å². The summed E-state index contributed by atoms with van der Waals surface area (Å²) in [6, 6.07) is 0. The molecule has 2 bridgehead atoms. The monoisotopic (exact) mass is 198 g/mol. The summed E-state index contributed by atoms with van der Waals surface area (Å²) in [5, 5.41) is 9.29. The highest BCUT2D eigenvalue weighted by atomic mass is 16.5. The number of carboxylic acids is 1. The quantitative estimate of drug-likeness (QED) is 0.737. The number of carbonyl (C=O) groups is 1. The van der Waals surface area contributed by atoms with Crippen LogP contribution in [0.2, 0.25) is 0 Å². The fourth-order valence-electron chi connectivity index (χ4n) is 3.45. The molecule has 3 saturated carbocycles. The van der Waals surface area contributed by atoms with Crippen LogP contribution in [0, 0.1) is 17.3 Å². The Kier molecular flexibility index (Phi) is 1.94. The van der Waals surface area contributed by atoms with Gasteiger partial charge in [0.2, 0.25) is 0 Å². The molecule has 1 N–H and O–H groups in total. The highest BCUT2D eigenvalue weighted by Crippen LogP contribution is 2.63. The number of rotatable bonds is 2. The molecule has 3 atom stereocenters. The maximum atomic E-state index is 11.3. The van der Waals surface area contributed by atoms with Gasteiger partial charge in [0.1, 0.15) is 0 Å². The minimum absolute atomic E-state index is 0.145. The first-order valence-electron chi connectivity index (χ1n) is 5.23. The third kappa shape index (κ3) is 0.937. The van der Waals surface area contributed by atoms with Gasteiger partial charge in [-0.05, 0) is 30.6 Å². The second-order valence-corrected chi connectivity index (χ2v) is 5.24. The summed E-state index contributed by atoms with van der Waals surface area (Å²) in [6.07, 6.45) is 2.69. The van der Waals surface area contributed by atoms with Crippen molar-refractivity contribution in [3.05, 3.63) is 0 Å². The molecule has 3 fully saturated rings. The topological polar surface area (TPSA) is 46.5 Å². The maximum Gasteiger partial charge on any atom is 0.336 e. The van der Waals surface area contributed by atoms with Crippen molar-refractivity contribution in [2.24, 2.45) is 17.3 Å². The fraction of sp³-hybridized carbons (Fsp3) is 0.909. The number of hydrogen-bond acceptors (Lipinski definition) is 2. The molecular formula is C11H18O3. The van der Waals surface area contributed by atoms with Crippen LogP contribution in [0.5, 0.6) is 0 Å². The zero-order valence-electron chi connectivity index (χ0n) is 9.04. The SMILES string of the molecule is COC1(C(=O)O)CCC2CC1C2(C)C. The molecule has 3 aliphatic carbocycles. The van der Waals surface area contributed by atoms with Crippen LogP contribution in [0.25, 0.3) is 0 Å². The molecule has 0 aromatic carbocycles. The third-order valence-corrected chi connectivity index (χ3v) is 4.62. The minimum atomic E-state index is -0.905. The standard InChI is InChI=1S/C11H18O3/c1-10(2)7-4-5-11(14-3,9(12)13)8(10)6-7/h7-8H,4-6H2,1-3H3,(H,12,13). The Morgan fingerprint density at radius 3 is 2.43 bits per heavy atom. The summed E-state index contributed by atoms with van der Waals surface area (Å²) < 4.78 is 5.33. The van der Waals surface area contributed by atoms with Gasteiger partial charge in [-0.2, -0.15) is 0 Å². The number of carboxylic acid groups (broad SMARTS) is 1. The van der Waals surface area contributed by atoms with Gasteiger partial charge in [-0.1, -0.05) is 13.8 Å². The van der Waals surface area contributed by atoms with Crippen molar-refractivity contribution in [3.63, 3.8) is 0 Å². The van der Waals surface area contributed by atoms with Crippen molar-refractivity contribution in [3.8, 4) is 0 Å². The average molecular weight is 198 g/mol. The number of aliphatic carboxylic acids is 1. The first-order valence-corrected chi connectivity index (χ1v) is 5.23. The zero-order chi connectivity index (χ0) is 10.6.